The van der Waals surface area contributed by atoms with Gasteiger partial charge in [0.1, 0.15) is 11.5 Å². The Morgan fingerprint density at radius 1 is 1.29 bits per heavy atom. The first-order chi connectivity index (χ1) is 13.4. The maximum absolute atomic E-state index is 13.0. The first kappa shape index (κ1) is 20.2. The third-order valence-corrected chi connectivity index (χ3v) is 5.68. The van der Waals surface area contributed by atoms with Gasteiger partial charge in [-0.3, -0.25) is 14.2 Å². The number of nitrogens with zero attached hydrogens (tertiary/aromatic N) is 3. The molecule has 2 aromatic heterocycles. The number of thioether (sulfide) groups is 1. The molecule has 0 saturated carbocycles. The number of carbonyl (C=O) groups is 1. The van der Waals surface area contributed by atoms with Crippen molar-refractivity contribution in [2.45, 2.75) is 44.9 Å². The number of aryl methyl sites for hydroxylation is 1. The second-order valence-electron chi connectivity index (χ2n) is 6.89. The predicted octanol–water partition coefficient (Wildman–Crippen LogP) is 4.02. The van der Waals surface area contributed by atoms with E-state index in [0.29, 0.717) is 22.6 Å². The summed E-state index contributed by atoms with van der Waals surface area (Å²) in [6.07, 6.45) is 0.805. The maximum Gasteiger partial charge on any atom is 0.262 e. The summed E-state index contributed by atoms with van der Waals surface area (Å²) in [5, 5.41) is 1.18. The van der Waals surface area contributed by atoms with E-state index in [-0.39, 0.29) is 23.3 Å². The van der Waals surface area contributed by atoms with Crippen LogP contribution in [0.25, 0.3) is 10.9 Å². The van der Waals surface area contributed by atoms with E-state index in [1.54, 1.807) is 22.6 Å². The van der Waals surface area contributed by atoms with Gasteiger partial charge in [-0.05, 0) is 44.5 Å². The monoisotopic (exact) mass is 399 g/mol. The molecule has 2 heterocycles. The number of rotatable bonds is 7. The van der Waals surface area contributed by atoms with Crippen LogP contribution in [0.4, 0.5) is 0 Å². The Balaban J connectivity index is 1.81. The normalized spacial score (nSPS) is 12.3. The lowest BCUT2D eigenvalue weighted by molar-refractivity contribution is -0.127. The molecule has 6 nitrogen and oxygen atoms in total. The summed E-state index contributed by atoms with van der Waals surface area (Å²) in [4.78, 5) is 31.8. The Kier molecular flexibility index (Phi) is 6.24. The number of benzene rings is 1. The van der Waals surface area contributed by atoms with Gasteiger partial charge in [-0.2, -0.15) is 0 Å². The Morgan fingerprint density at radius 2 is 2.04 bits per heavy atom. The number of hydrogen-bond donors (Lipinski definition) is 0. The van der Waals surface area contributed by atoms with Crippen molar-refractivity contribution in [3.05, 3.63) is 58.3 Å². The van der Waals surface area contributed by atoms with Crippen molar-refractivity contribution in [3.8, 4) is 0 Å². The van der Waals surface area contributed by atoms with Gasteiger partial charge in [0, 0.05) is 13.1 Å². The highest BCUT2D eigenvalue weighted by Gasteiger charge is 2.18. The Hall–Kier alpha value is -2.54. The third kappa shape index (κ3) is 4.30. The molecule has 0 unspecified atom stereocenters. The summed E-state index contributed by atoms with van der Waals surface area (Å²) in [6, 6.07) is 11.1. The molecule has 28 heavy (non-hydrogen) atoms. The van der Waals surface area contributed by atoms with E-state index in [4.69, 9.17) is 4.42 Å². The minimum Gasteiger partial charge on any atom is -0.464 e. The molecule has 3 rings (SSSR count). The molecule has 0 radical (unpaired) electrons. The van der Waals surface area contributed by atoms with Crippen LogP contribution in [0.15, 0.2) is 50.8 Å². The summed E-state index contributed by atoms with van der Waals surface area (Å²) in [5.41, 5.74) is 0.593. The van der Waals surface area contributed by atoms with E-state index >= 15 is 0 Å². The van der Waals surface area contributed by atoms with Crippen LogP contribution in [0.2, 0.25) is 0 Å². The van der Waals surface area contributed by atoms with Crippen molar-refractivity contribution < 1.29 is 9.21 Å². The zero-order chi connectivity index (χ0) is 20.3. The van der Waals surface area contributed by atoms with E-state index in [1.165, 1.54) is 11.8 Å². The van der Waals surface area contributed by atoms with Gasteiger partial charge < -0.3 is 9.32 Å². The molecule has 0 fully saturated rings. The van der Waals surface area contributed by atoms with E-state index < -0.39 is 0 Å². The lowest BCUT2D eigenvalue weighted by Gasteiger charge is -2.19. The van der Waals surface area contributed by atoms with Crippen molar-refractivity contribution in [1.29, 1.82) is 0 Å². The van der Waals surface area contributed by atoms with Gasteiger partial charge in [0.2, 0.25) is 5.91 Å². The van der Waals surface area contributed by atoms with Gasteiger partial charge in [0.05, 0.1) is 23.2 Å². The van der Waals surface area contributed by atoms with Crippen molar-refractivity contribution in [2.24, 2.45) is 0 Å². The quantitative estimate of drug-likeness (QED) is 0.443. The molecule has 0 spiro atoms. The van der Waals surface area contributed by atoms with Gasteiger partial charge in [-0.15, -0.1) is 0 Å². The fourth-order valence-electron chi connectivity index (χ4n) is 2.93. The topological polar surface area (TPSA) is 68.3 Å². The Labute approximate surface area is 168 Å². The van der Waals surface area contributed by atoms with Gasteiger partial charge >= 0.3 is 0 Å². The maximum atomic E-state index is 13.0. The summed E-state index contributed by atoms with van der Waals surface area (Å²) < 4.78 is 7.24. The van der Waals surface area contributed by atoms with Crippen molar-refractivity contribution in [1.82, 2.24) is 14.5 Å². The van der Waals surface area contributed by atoms with Crippen LogP contribution in [0.3, 0.4) is 0 Å². The molecule has 0 aliphatic rings. The number of carbonyl (C=O) groups excluding carboxylic acids is 1. The molecule has 0 N–H and O–H groups in total. The Morgan fingerprint density at radius 3 is 2.71 bits per heavy atom. The molecule has 0 aliphatic heterocycles. The lowest BCUT2D eigenvalue weighted by Crippen LogP contribution is -2.29. The van der Waals surface area contributed by atoms with Gasteiger partial charge in [0.15, 0.2) is 5.16 Å². The van der Waals surface area contributed by atoms with Crippen LogP contribution in [0.1, 0.15) is 37.8 Å². The van der Waals surface area contributed by atoms with Gasteiger partial charge in [0.25, 0.3) is 5.56 Å². The molecule has 1 amide bonds. The van der Waals surface area contributed by atoms with Gasteiger partial charge in [-0.1, -0.05) is 30.8 Å². The third-order valence-electron chi connectivity index (χ3n) is 4.75. The summed E-state index contributed by atoms with van der Waals surface area (Å²) in [5.74, 6) is 1.73. The highest BCUT2D eigenvalue weighted by atomic mass is 32.2. The van der Waals surface area contributed by atoms with Gasteiger partial charge in [-0.25, -0.2) is 4.98 Å². The number of hydrogen-bond acceptors (Lipinski definition) is 5. The molecular formula is C21H25N3O3S. The van der Waals surface area contributed by atoms with E-state index in [0.717, 1.165) is 17.9 Å². The lowest BCUT2D eigenvalue weighted by atomic mass is 10.2. The fraction of sp³-hybridized carbons (Fsp3) is 0.381. The largest absolute Gasteiger partial charge is 0.464 e. The predicted molar refractivity (Wildman–Crippen MR) is 112 cm³/mol. The van der Waals surface area contributed by atoms with Crippen molar-refractivity contribution in [2.75, 3.05) is 12.8 Å². The molecule has 1 atom stereocenters. The molecule has 1 aromatic carbocycles. The van der Waals surface area contributed by atoms with E-state index in [2.05, 4.69) is 4.98 Å². The highest BCUT2D eigenvalue weighted by molar-refractivity contribution is 7.99. The molecular weight excluding hydrogens is 374 g/mol. The van der Waals surface area contributed by atoms with Crippen LogP contribution < -0.4 is 5.56 Å². The molecule has 148 valence electrons. The minimum atomic E-state index is -0.0608. The Bertz CT molecular complexity index is 1040. The first-order valence-corrected chi connectivity index (χ1v) is 10.3. The average Bonchev–Trinajstić information content (AvgIpc) is 3.10. The first-order valence-electron chi connectivity index (χ1n) is 9.34. The summed E-state index contributed by atoms with van der Waals surface area (Å²) in [7, 11) is 1.75. The summed E-state index contributed by atoms with van der Waals surface area (Å²) >= 11 is 1.30. The van der Waals surface area contributed by atoms with Crippen LogP contribution in [0, 0.1) is 6.92 Å². The van der Waals surface area contributed by atoms with Crippen LogP contribution in [-0.2, 0) is 11.3 Å². The smallest absolute Gasteiger partial charge is 0.262 e. The fourth-order valence-corrected chi connectivity index (χ4v) is 3.96. The molecule has 3 aromatic rings. The average molecular weight is 400 g/mol. The van der Waals surface area contributed by atoms with E-state index in [1.807, 2.05) is 51.1 Å². The number of aromatic nitrogens is 2. The molecule has 7 heteroatoms. The number of fused-ring (bicyclic) bond motifs is 1. The number of furan rings is 1. The minimum absolute atomic E-state index is 0.00558. The number of amides is 1. The highest BCUT2D eigenvalue weighted by Crippen LogP contribution is 2.23. The standard InChI is InChI=1S/C21H25N3O3S/c1-5-14(2)24-20(26)17-8-6-7-9-18(17)22-21(24)28-13-19(25)23(4)12-16-11-10-15(3)27-16/h6-11,14H,5,12-13H2,1-4H3/t14-/m1/s1. The van der Waals surface area contributed by atoms with Crippen LogP contribution in [-0.4, -0.2) is 33.2 Å². The van der Waals surface area contributed by atoms with Crippen LogP contribution in [0.5, 0.6) is 0 Å². The summed E-state index contributed by atoms with van der Waals surface area (Å²) in [6.45, 7) is 6.32. The SMILES string of the molecule is CC[C@@H](C)n1c(SCC(=O)N(C)Cc2ccc(C)o2)nc2ccccc2c1=O. The molecule has 0 aliphatic carbocycles. The van der Waals surface area contributed by atoms with Crippen molar-refractivity contribution >= 4 is 28.6 Å². The zero-order valence-corrected chi connectivity index (χ0v) is 17.5. The molecule has 0 bridgehead atoms. The second-order valence-corrected chi connectivity index (χ2v) is 7.84. The zero-order valence-electron chi connectivity index (χ0n) is 16.6. The number of para-hydroxylation sites is 1. The van der Waals surface area contributed by atoms with E-state index in [9.17, 15) is 9.59 Å². The second kappa shape index (κ2) is 8.65. The molecule has 0 saturated heterocycles. The van der Waals surface area contributed by atoms with Crippen LogP contribution >= 0.6 is 11.8 Å². The van der Waals surface area contributed by atoms with Crippen molar-refractivity contribution in [3.63, 3.8) is 0 Å².